The maximum absolute atomic E-state index is 12.5. The van der Waals surface area contributed by atoms with Crippen LogP contribution in [0, 0.1) is 5.92 Å². The number of hydrogen-bond donors (Lipinski definition) is 1. The Morgan fingerprint density at radius 2 is 2.14 bits per heavy atom. The fourth-order valence-electron chi connectivity index (χ4n) is 3.27. The van der Waals surface area contributed by atoms with Gasteiger partial charge in [-0.1, -0.05) is 23.8 Å². The number of rotatable bonds is 6. The summed E-state index contributed by atoms with van der Waals surface area (Å²) in [4.78, 5) is 32.0. The van der Waals surface area contributed by atoms with Gasteiger partial charge in [-0.2, -0.15) is 0 Å². The molecule has 1 fully saturated rings. The third-order valence-corrected chi connectivity index (χ3v) is 6.19. The van der Waals surface area contributed by atoms with Crippen LogP contribution in [0.4, 0.5) is 5.13 Å². The van der Waals surface area contributed by atoms with E-state index in [4.69, 9.17) is 9.47 Å². The molecule has 1 aromatic heterocycles. The normalized spacial score (nSPS) is 16.1. The Hall–Kier alpha value is -2.61. The van der Waals surface area contributed by atoms with Crippen molar-refractivity contribution in [3.8, 4) is 11.5 Å². The SMILES string of the molecule is COc1cccc(OCC(=O)N2CCc3nc(NC(=O)C4CCC4)sc3C2)c1. The number of carbonyl (C=O) groups is 2. The minimum atomic E-state index is -0.0677. The van der Waals surface area contributed by atoms with E-state index in [0.717, 1.165) is 29.8 Å². The van der Waals surface area contributed by atoms with E-state index >= 15 is 0 Å². The van der Waals surface area contributed by atoms with Gasteiger partial charge in [-0.05, 0) is 25.0 Å². The zero-order valence-electron chi connectivity index (χ0n) is 15.8. The van der Waals surface area contributed by atoms with Gasteiger partial charge in [0, 0.05) is 29.8 Å². The molecule has 2 aromatic rings. The van der Waals surface area contributed by atoms with Crippen LogP contribution in [0.5, 0.6) is 11.5 Å². The minimum Gasteiger partial charge on any atom is -0.497 e. The highest BCUT2D eigenvalue weighted by Gasteiger charge is 2.28. The average molecular weight is 401 g/mol. The lowest BCUT2D eigenvalue weighted by molar-refractivity contribution is -0.134. The van der Waals surface area contributed by atoms with Crippen molar-refractivity contribution in [2.75, 3.05) is 25.6 Å². The molecule has 1 aliphatic heterocycles. The topological polar surface area (TPSA) is 80.8 Å². The van der Waals surface area contributed by atoms with E-state index in [0.29, 0.717) is 36.1 Å². The number of anilines is 1. The second-order valence-electron chi connectivity index (χ2n) is 7.04. The molecule has 0 bridgehead atoms. The summed E-state index contributed by atoms with van der Waals surface area (Å²) in [6, 6.07) is 7.20. The Kier molecular flexibility index (Phi) is 5.47. The molecule has 1 N–H and O–H groups in total. The van der Waals surface area contributed by atoms with E-state index in [9.17, 15) is 9.59 Å². The highest BCUT2D eigenvalue weighted by molar-refractivity contribution is 7.15. The first-order valence-corrected chi connectivity index (χ1v) is 10.3. The third kappa shape index (κ3) is 4.11. The molecule has 148 valence electrons. The highest BCUT2D eigenvalue weighted by atomic mass is 32.1. The van der Waals surface area contributed by atoms with Gasteiger partial charge in [0.2, 0.25) is 5.91 Å². The summed E-state index contributed by atoms with van der Waals surface area (Å²) in [6.45, 7) is 1.09. The van der Waals surface area contributed by atoms with Crippen LogP contribution in [0.15, 0.2) is 24.3 Å². The Labute approximate surface area is 167 Å². The predicted octanol–water partition coefficient (Wildman–Crippen LogP) is 2.85. The Balaban J connectivity index is 1.32. The number of nitrogens with one attached hydrogen (secondary N) is 1. The number of nitrogens with zero attached hydrogens (tertiary/aromatic N) is 2. The van der Waals surface area contributed by atoms with Crippen molar-refractivity contribution in [1.82, 2.24) is 9.88 Å². The van der Waals surface area contributed by atoms with Gasteiger partial charge in [-0.25, -0.2) is 4.98 Å². The van der Waals surface area contributed by atoms with Crippen molar-refractivity contribution < 1.29 is 19.1 Å². The molecule has 0 atom stereocenters. The largest absolute Gasteiger partial charge is 0.497 e. The Morgan fingerprint density at radius 3 is 2.89 bits per heavy atom. The van der Waals surface area contributed by atoms with E-state index in [1.807, 2.05) is 12.1 Å². The Bertz CT molecular complexity index is 878. The number of benzene rings is 1. The summed E-state index contributed by atoms with van der Waals surface area (Å²) in [5, 5.41) is 3.57. The lowest BCUT2D eigenvalue weighted by Gasteiger charge is -2.26. The number of amides is 2. The molecule has 8 heteroatoms. The number of ether oxygens (including phenoxy) is 2. The van der Waals surface area contributed by atoms with Crippen molar-refractivity contribution in [3.05, 3.63) is 34.8 Å². The van der Waals surface area contributed by atoms with Crippen molar-refractivity contribution >= 4 is 28.3 Å². The predicted molar refractivity (Wildman–Crippen MR) is 106 cm³/mol. The van der Waals surface area contributed by atoms with Crippen LogP contribution in [-0.4, -0.2) is 42.0 Å². The van der Waals surface area contributed by atoms with Crippen LogP contribution in [-0.2, 0) is 22.6 Å². The first-order chi connectivity index (χ1) is 13.6. The van der Waals surface area contributed by atoms with Gasteiger partial charge in [0.25, 0.3) is 5.91 Å². The molecule has 0 radical (unpaired) electrons. The molecule has 1 aliphatic carbocycles. The lowest BCUT2D eigenvalue weighted by atomic mass is 9.85. The number of methoxy groups -OCH3 is 1. The molecular weight excluding hydrogens is 378 g/mol. The fraction of sp³-hybridized carbons (Fsp3) is 0.450. The standard InChI is InChI=1S/C20H23N3O4S/c1-26-14-6-3-7-15(10-14)27-12-18(24)23-9-8-16-17(11-23)28-20(21-16)22-19(25)13-4-2-5-13/h3,6-7,10,13H,2,4-5,8-9,11-12H2,1H3,(H,21,22,25). The minimum absolute atomic E-state index is 0.0213. The Morgan fingerprint density at radius 1 is 1.32 bits per heavy atom. The van der Waals surface area contributed by atoms with E-state index < -0.39 is 0 Å². The zero-order valence-corrected chi connectivity index (χ0v) is 16.6. The van der Waals surface area contributed by atoms with Gasteiger partial charge in [-0.15, -0.1) is 0 Å². The number of fused-ring (bicyclic) bond motifs is 1. The number of aromatic nitrogens is 1. The monoisotopic (exact) mass is 401 g/mol. The van der Waals surface area contributed by atoms with E-state index in [1.54, 1.807) is 24.1 Å². The molecule has 2 amide bonds. The van der Waals surface area contributed by atoms with Crippen LogP contribution < -0.4 is 14.8 Å². The quantitative estimate of drug-likeness (QED) is 0.805. The number of hydrogen-bond acceptors (Lipinski definition) is 6. The highest BCUT2D eigenvalue weighted by Crippen LogP contribution is 2.31. The molecule has 1 aromatic carbocycles. The third-order valence-electron chi connectivity index (χ3n) is 5.19. The summed E-state index contributed by atoms with van der Waals surface area (Å²) in [5.41, 5.74) is 0.978. The molecule has 2 heterocycles. The molecule has 7 nitrogen and oxygen atoms in total. The van der Waals surface area contributed by atoms with Crippen LogP contribution in [0.1, 0.15) is 29.8 Å². The lowest BCUT2D eigenvalue weighted by Crippen LogP contribution is -2.38. The van der Waals surface area contributed by atoms with Crippen LogP contribution >= 0.6 is 11.3 Å². The second kappa shape index (κ2) is 8.18. The molecule has 2 aliphatic rings. The summed E-state index contributed by atoms with van der Waals surface area (Å²) in [5.74, 6) is 1.42. The smallest absolute Gasteiger partial charge is 0.260 e. The van der Waals surface area contributed by atoms with Crippen molar-refractivity contribution in [2.24, 2.45) is 5.92 Å². The fourth-order valence-corrected chi connectivity index (χ4v) is 4.29. The number of thiazole rings is 1. The molecule has 0 spiro atoms. The molecule has 1 saturated carbocycles. The van der Waals surface area contributed by atoms with E-state index in [2.05, 4.69) is 10.3 Å². The number of carbonyl (C=O) groups excluding carboxylic acids is 2. The molecular formula is C20H23N3O4S. The second-order valence-corrected chi connectivity index (χ2v) is 8.12. The average Bonchev–Trinajstić information content (AvgIpc) is 3.06. The summed E-state index contributed by atoms with van der Waals surface area (Å²) < 4.78 is 10.8. The van der Waals surface area contributed by atoms with Gasteiger partial charge in [0.05, 0.1) is 19.3 Å². The van der Waals surface area contributed by atoms with Crippen LogP contribution in [0.3, 0.4) is 0 Å². The molecule has 0 unspecified atom stereocenters. The van der Waals surface area contributed by atoms with Crippen molar-refractivity contribution in [1.29, 1.82) is 0 Å². The molecule has 28 heavy (non-hydrogen) atoms. The first-order valence-electron chi connectivity index (χ1n) is 9.46. The molecule has 4 rings (SSSR count). The summed E-state index contributed by atoms with van der Waals surface area (Å²) >= 11 is 1.46. The maximum atomic E-state index is 12.5. The van der Waals surface area contributed by atoms with Gasteiger partial charge < -0.3 is 19.7 Å². The maximum Gasteiger partial charge on any atom is 0.260 e. The van der Waals surface area contributed by atoms with E-state index in [-0.39, 0.29) is 24.3 Å². The van der Waals surface area contributed by atoms with Gasteiger partial charge in [0.1, 0.15) is 11.5 Å². The van der Waals surface area contributed by atoms with Crippen molar-refractivity contribution in [2.45, 2.75) is 32.2 Å². The van der Waals surface area contributed by atoms with Gasteiger partial charge >= 0.3 is 0 Å². The molecule has 0 saturated heterocycles. The first kappa shape index (κ1) is 18.7. The van der Waals surface area contributed by atoms with Gasteiger partial charge in [0.15, 0.2) is 11.7 Å². The summed E-state index contributed by atoms with van der Waals surface area (Å²) in [6.07, 6.45) is 3.75. The van der Waals surface area contributed by atoms with Crippen LogP contribution in [0.25, 0.3) is 0 Å². The zero-order chi connectivity index (χ0) is 19.5. The van der Waals surface area contributed by atoms with Crippen molar-refractivity contribution in [3.63, 3.8) is 0 Å². The summed E-state index contributed by atoms with van der Waals surface area (Å²) in [7, 11) is 1.59. The van der Waals surface area contributed by atoms with E-state index in [1.165, 1.54) is 11.3 Å². The van der Waals surface area contributed by atoms with Gasteiger partial charge in [-0.3, -0.25) is 9.59 Å². The van der Waals surface area contributed by atoms with Crippen LogP contribution in [0.2, 0.25) is 0 Å².